The smallest absolute Gasteiger partial charge is 0.384 e. The molecule has 3 rings (SSSR count). The van der Waals surface area contributed by atoms with Crippen molar-refractivity contribution in [2.75, 3.05) is 19.6 Å². The van der Waals surface area contributed by atoms with Crippen LogP contribution in [0.4, 0.5) is 13.2 Å². The Morgan fingerprint density at radius 1 is 1.00 bits per heavy atom. The molecule has 0 saturated carbocycles. The fourth-order valence-electron chi connectivity index (χ4n) is 3.29. The van der Waals surface area contributed by atoms with Crippen molar-refractivity contribution in [3.05, 3.63) is 71.3 Å². The molecule has 0 amide bonds. The molecule has 0 aliphatic carbocycles. The Morgan fingerprint density at radius 3 is 2.20 bits per heavy atom. The Morgan fingerprint density at radius 2 is 1.60 bits per heavy atom. The summed E-state index contributed by atoms with van der Waals surface area (Å²) in [5.74, 6) is 0. The highest BCUT2D eigenvalue weighted by atomic mass is 19.4. The van der Waals surface area contributed by atoms with Crippen LogP contribution in [0.5, 0.6) is 0 Å². The summed E-state index contributed by atoms with van der Waals surface area (Å²) in [6.07, 6.45) is -4.45. The van der Waals surface area contributed by atoms with Crippen LogP contribution in [0, 0.1) is 0 Å². The van der Waals surface area contributed by atoms with Crippen LogP contribution in [0.3, 0.4) is 0 Å². The third-order valence-corrected chi connectivity index (χ3v) is 4.62. The summed E-state index contributed by atoms with van der Waals surface area (Å²) < 4.78 is 38.6. The van der Waals surface area contributed by atoms with Crippen molar-refractivity contribution in [3.8, 4) is 0 Å². The molecule has 6 heteroatoms. The molecular weight excluding hydrogens is 331 g/mol. The van der Waals surface area contributed by atoms with Crippen molar-refractivity contribution in [1.29, 1.82) is 0 Å². The van der Waals surface area contributed by atoms with Crippen LogP contribution in [0.1, 0.15) is 23.6 Å². The minimum atomic E-state index is -4.45. The maximum Gasteiger partial charge on any atom is 0.416 e. The van der Waals surface area contributed by atoms with Gasteiger partial charge >= 0.3 is 6.18 Å². The van der Waals surface area contributed by atoms with Gasteiger partial charge in [0.15, 0.2) is 0 Å². The van der Waals surface area contributed by atoms with Gasteiger partial charge in [-0.05, 0) is 30.2 Å². The number of likely N-dealkylation sites (tertiary alicyclic amines) is 1. The van der Waals surface area contributed by atoms with Crippen molar-refractivity contribution in [1.82, 2.24) is 4.90 Å². The monoisotopic (exact) mass is 351 g/mol. The van der Waals surface area contributed by atoms with Gasteiger partial charge in [0, 0.05) is 19.6 Å². The van der Waals surface area contributed by atoms with E-state index in [9.17, 15) is 23.4 Å². The summed E-state index contributed by atoms with van der Waals surface area (Å²) in [4.78, 5) is 1.83. The van der Waals surface area contributed by atoms with Crippen molar-refractivity contribution in [2.45, 2.75) is 24.3 Å². The van der Waals surface area contributed by atoms with E-state index in [1.807, 2.05) is 35.2 Å². The van der Waals surface area contributed by atoms with Gasteiger partial charge in [0.2, 0.25) is 0 Å². The van der Waals surface area contributed by atoms with E-state index >= 15 is 0 Å². The zero-order chi connectivity index (χ0) is 18.3. The molecule has 0 radical (unpaired) electrons. The predicted octanol–water partition coefficient (Wildman–Crippen LogP) is 3.12. The normalized spacial score (nSPS) is 19.9. The quantitative estimate of drug-likeness (QED) is 0.890. The number of hydrogen-bond acceptors (Lipinski definition) is 3. The minimum absolute atomic E-state index is 0.142. The molecule has 0 unspecified atom stereocenters. The molecule has 134 valence electrons. The van der Waals surface area contributed by atoms with Gasteiger partial charge in [-0.1, -0.05) is 42.5 Å². The number of rotatable bonds is 4. The van der Waals surface area contributed by atoms with Crippen LogP contribution < -0.4 is 0 Å². The summed E-state index contributed by atoms with van der Waals surface area (Å²) in [5.41, 5.74) is -2.21. The van der Waals surface area contributed by atoms with E-state index in [-0.39, 0.29) is 12.1 Å². The SMILES string of the molecule is C[C@](O)(CN1CC(O)(c2ccccc2)C1)c1cccc(C(F)(F)F)c1. The Labute approximate surface area is 144 Å². The molecule has 2 N–H and O–H groups in total. The summed E-state index contributed by atoms with van der Waals surface area (Å²) >= 11 is 0. The van der Waals surface area contributed by atoms with Crippen LogP contribution in [0.2, 0.25) is 0 Å². The zero-order valence-electron chi connectivity index (χ0n) is 13.8. The standard InChI is InChI=1S/C19H20F3NO2/c1-17(24,15-8-5-9-16(10-15)19(20,21)22)11-23-12-18(25,13-23)14-6-3-2-4-7-14/h2-10,24-25H,11-13H2,1H3/t17-/m0/s1. The second kappa shape index (κ2) is 6.12. The fourth-order valence-corrected chi connectivity index (χ4v) is 3.29. The number of hydrogen-bond donors (Lipinski definition) is 2. The van der Waals surface area contributed by atoms with E-state index in [0.29, 0.717) is 13.1 Å². The molecule has 1 fully saturated rings. The molecule has 1 saturated heterocycles. The average Bonchev–Trinajstić information content (AvgIpc) is 2.53. The number of halogens is 3. The van der Waals surface area contributed by atoms with Gasteiger partial charge in [0.05, 0.1) is 11.2 Å². The molecule has 1 heterocycles. The fraction of sp³-hybridized carbons (Fsp3) is 0.368. The molecule has 0 bridgehead atoms. The molecular formula is C19H20F3NO2. The molecule has 2 aromatic carbocycles. The predicted molar refractivity (Wildman–Crippen MR) is 87.8 cm³/mol. The van der Waals surface area contributed by atoms with Gasteiger partial charge in [-0.15, -0.1) is 0 Å². The topological polar surface area (TPSA) is 43.7 Å². The minimum Gasteiger partial charge on any atom is -0.384 e. The van der Waals surface area contributed by atoms with Gasteiger partial charge in [-0.2, -0.15) is 13.2 Å². The lowest BCUT2D eigenvalue weighted by molar-refractivity contribution is -0.138. The molecule has 3 nitrogen and oxygen atoms in total. The largest absolute Gasteiger partial charge is 0.416 e. The first-order valence-corrected chi connectivity index (χ1v) is 8.01. The van der Waals surface area contributed by atoms with Crippen molar-refractivity contribution in [2.24, 2.45) is 0 Å². The Balaban J connectivity index is 1.70. The van der Waals surface area contributed by atoms with Crippen LogP contribution in [0.15, 0.2) is 54.6 Å². The molecule has 1 aliphatic heterocycles. The van der Waals surface area contributed by atoms with E-state index in [0.717, 1.165) is 17.7 Å². The lowest BCUT2D eigenvalue weighted by atomic mass is 9.84. The second-order valence-corrected chi connectivity index (χ2v) is 6.90. The van der Waals surface area contributed by atoms with Crippen LogP contribution in [0.25, 0.3) is 0 Å². The van der Waals surface area contributed by atoms with E-state index in [4.69, 9.17) is 0 Å². The Kier molecular flexibility index (Phi) is 4.39. The van der Waals surface area contributed by atoms with Crippen LogP contribution >= 0.6 is 0 Å². The van der Waals surface area contributed by atoms with E-state index in [1.54, 1.807) is 0 Å². The van der Waals surface area contributed by atoms with Gasteiger partial charge in [-0.3, -0.25) is 4.90 Å². The molecule has 0 aromatic heterocycles. The molecule has 0 spiro atoms. The number of alkyl halides is 3. The zero-order valence-corrected chi connectivity index (χ0v) is 13.8. The van der Waals surface area contributed by atoms with Crippen LogP contribution in [-0.4, -0.2) is 34.7 Å². The van der Waals surface area contributed by atoms with Crippen molar-refractivity contribution in [3.63, 3.8) is 0 Å². The Bertz CT molecular complexity index is 738. The number of nitrogens with zero attached hydrogens (tertiary/aromatic N) is 1. The number of benzene rings is 2. The lowest BCUT2D eigenvalue weighted by Crippen LogP contribution is -2.61. The summed E-state index contributed by atoms with van der Waals surface area (Å²) in [5, 5.41) is 21.3. The first-order valence-electron chi connectivity index (χ1n) is 8.01. The third-order valence-electron chi connectivity index (χ3n) is 4.62. The first-order chi connectivity index (χ1) is 11.6. The average molecular weight is 351 g/mol. The van der Waals surface area contributed by atoms with Gasteiger partial charge in [0.1, 0.15) is 5.60 Å². The third kappa shape index (κ3) is 3.71. The molecule has 1 atom stereocenters. The maximum atomic E-state index is 12.9. The number of aliphatic hydroxyl groups is 2. The second-order valence-electron chi connectivity index (χ2n) is 6.90. The molecule has 1 aliphatic rings. The highest BCUT2D eigenvalue weighted by Gasteiger charge is 2.45. The highest BCUT2D eigenvalue weighted by molar-refractivity contribution is 5.31. The maximum absolute atomic E-state index is 12.9. The van der Waals surface area contributed by atoms with Crippen LogP contribution in [-0.2, 0) is 17.4 Å². The van der Waals surface area contributed by atoms with Gasteiger partial charge in [0.25, 0.3) is 0 Å². The Hall–Kier alpha value is -1.89. The first kappa shape index (κ1) is 17.9. The van der Waals surface area contributed by atoms with E-state index in [1.165, 1.54) is 19.1 Å². The summed E-state index contributed by atoms with van der Waals surface area (Å²) in [6, 6.07) is 14.0. The van der Waals surface area contributed by atoms with E-state index in [2.05, 4.69) is 0 Å². The van der Waals surface area contributed by atoms with Crippen molar-refractivity contribution >= 4 is 0 Å². The van der Waals surface area contributed by atoms with E-state index < -0.39 is 22.9 Å². The summed E-state index contributed by atoms with van der Waals surface area (Å²) in [6.45, 7) is 2.28. The number of β-amino-alcohol motifs (C(OH)–C–C–N with tert-alkyl or cyclic N) is 2. The lowest BCUT2D eigenvalue weighted by Gasteiger charge is -2.49. The highest BCUT2D eigenvalue weighted by Crippen LogP contribution is 2.36. The molecule has 25 heavy (non-hydrogen) atoms. The van der Waals surface area contributed by atoms with Gasteiger partial charge in [-0.25, -0.2) is 0 Å². The summed E-state index contributed by atoms with van der Waals surface area (Å²) in [7, 11) is 0. The van der Waals surface area contributed by atoms with Gasteiger partial charge < -0.3 is 10.2 Å². The molecule has 2 aromatic rings. The van der Waals surface area contributed by atoms with Crippen molar-refractivity contribution < 1.29 is 23.4 Å².